The molecule has 0 bridgehead atoms. The summed E-state index contributed by atoms with van der Waals surface area (Å²) in [6, 6.07) is 11.4. The molecule has 1 atom stereocenters. The zero-order valence-corrected chi connectivity index (χ0v) is 13.2. The van der Waals surface area contributed by atoms with Crippen molar-refractivity contribution in [2.75, 3.05) is 13.2 Å². The standard InChI is InChI=1S/C18H22N2O3/c1-14-4-2-6-17(10-14)23-13-16(21)12-20-18(22)8-7-15-5-3-9-19-11-15/h2-6,9-11,16,21H,7-8,12-13H2,1H3,(H,20,22). The Hall–Kier alpha value is -2.40. The fraction of sp³-hybridized carbons (Fsp3) is 0.333. The maximum absolute atomic E-state index is 11.8. The van der Waals surface area contributed by atoms with Gasteiger partial charge in [0.15, 0.2) is 0 Å². The molecule has 5 heteroatoms. The molecule has 0 spiro atoms. The Morgan fingerprint density at radius 1 is 1.35 bits per heavy atom. The summed E-state index contributed by atoms with van der Waals surface area (Å²) in [5.74, 6) is 0.621. The maximum Gasteiger partial charge on any atom is 0.220 e. The number of carbonyl (C=O) groups is 1. The van der Waals surface area contributed by atoms with Gasteiger partial charge in [0.1, 0.15) is 18.5 Å². The van der Waals surface area contributed by atoms with Gasteiger partial charge in [-0.15, -0.1) is 0 Å². The van der Waals surface area contributed by atoms with Crippen LogP contribution < -0.4 is 10.1 Å². The second-order valence-corrected chi connectivity index (χ2v) is 5.45. The van der Waals surface area contributed by atoms with Crippen molar-refractivity contribution in [2.24, 2.45) is 0 Å². The van der Waals surface area contributed by atoms with Crippen molar-refractivity contribution < 1.29 is 14.6 Å². The third kappa shape index (κ3) is 6.48. The van der Waals surface area contributed by atoms with Gasteiger partial charge in [-0.3, -0.25) is 9.78 Å². The molecule has 0 aliphatic heterocycles. The summed E-state index contributed by atoms with van der Waals surface area (Å²) in [5.41, 5.74) is 2.12. The lowest BCUT2D eigenvalue weighted by atomic mass is 10.1. The first-order valence-electron chi connectivity index (χ1n) is 7.66. The van der Waals surface area contributed by atoms with Crippen molar-refractivity contribution >= 4 is 5.91 Å². The summed E-state index contributed by atoms with van der Waals surface area (Å²) in [6.45, 7) is 2.30. The van der Waals surface area contributed by atoms with Crippen molar-refractivity contribution in [3.8, 4) is 5.75 Å². The molecule has 1 amide bonds. The lowest BCUT2D eigenvalue weighted by Crippen LogP contribution is -2.35. The highest BCUT2D eigenvalue weighted by molar-refractivity contribution is 5.76. The van der Waals surface area contributed by atoms with Gasteiger partial charge >= 0.3 is 0 Å². The molecule has 122 valence electrons. The average molecular weight is 314 g/mol. The summed E-state index contributed by atoms with van der Waals surface area (Å²) in [6.07, 6.45) is 3.72. The van der Waals surface area contributed by atoms with Crippen LogP contribution in [-0.4, -0.2) is 35.3 Å². The minimum Gasteiger partial charge on any atom is -0.491 e. The number of hydrogen-bond donors (Lipinski definition) is 2. The molecule has 1 aromatic heterocycles. The summed E-state index contributed by atoms with van der Waals surface area (Å²) < 4.78 is 5.50. The Morgan fingerprint density at radius 2 is 2.22 bits per heavy atom. The maximum atomic E-state index is 11.8. The van der Waals surface area contributed by atoms with Gasteiger partial charge in [0.05, 0.1) is 0 Å². The van der Waals surface area contributed by atoms with Gasteiger partial charge in [0.2, 0.25) is 5.91 Å². The van der Waals surface area contributed by atoms with Crippen LogP contribution in [0.4, 0.5) is 0 Å². The Balaban J connectivity index is 1.63. The number of rotatable bonds is 8. The highest BCUT2D eigenvalue weighted by atomic mass is 16.5. The van der Waals surface area contributed by atoms with Gasteiger partial charge in [-0.25, -0.2) is 0 Å². The van der Waals surface area contributed by atoms with E-state index < -0.39 is 6.10 Å². The first kappa shape index (κ1) is 17.0. The first-order chi connectivity index (χ1) is 11.1. The molecule has 1 unspecified atom stereocenters. The number of amides is 1. The highest BCUT2D eigenvalue weighted by Crippen LogP contribution is 2.12. The minimum atomic E-state index is -0.738. The molecule has 0 fully saturated rings. The lowest BCUT2D eigenvalue weighted by molar-refractivity contribution is -0.121. The van der Waals surface area contributed by atoms with E-state index in [4.69, 9.17) is 4.74 Å². The third-order valence-electron chi connectivity index (χ3n) is 3.33. The summed E-state index contributed by atoms with van der Waals surface area (Å²) in [4.78, 5) is 15.8. The number of ether oxygens (including phenoxy) is 1. The number of carbonyl (C=O) groups excluding carboxylic acids is 1. The highest BCUT2D eigenvalue weighted by Gasteiger charge is 2.08. The van der Waals surface area contributed by atoms with Gasteiger partial charge in [-0.1, -0.05) is 18.2 Å². The van der Waals surface area contributed by atoms with E-state index in [2.05, 4.69) is 10.3 Å². The van der Waals surface area contributed by atoms with Crippen molar-refractivity contribution in [2.45, 2.75) is 25.9 Å². The predicted octanol–water partition coefficient (Wildman–Crippen LogP) is 1.88. The third-order valence-corrected chi connectivity index (χ3v) is 3.33. The molecule has 2 N–H and O–H groups in total. The molecule has 23 heavy (non-hydrogen) atoms. The number of nitrogens with one attached hydrogen (secondary N) is 1. The fourth-order valence-electron chi connectivity index (χ4n) is 2.08. The smallest absolute Gasteiger partial charge is 0.220 e. The summed E-state index contributed by atoms with van der Waals surface area (Å²) in [7, 11) is 0. The van der Waals surface area contributed by atoms with Crippen molar-refractivity contribution in [1.82, 2.24) is 10.3 Å². The summed E-state index contributed by atoms with van der Waals surface area (Å²) >= 11 is 0. The Kier molecular flexibility index (Phi) is 6.56. The largest absolute Gasteiger partial charge is 0.491 e. The summed E-state index contributed by atoms with van der Waals surface area (Å²) in [5, 5.41) is 12.6. The van der Waals surface area contributed by atoms with Gasteiger partial charge in [-0.2, -0.15) is 0 Å². The Labute approximate surface area is 136 Å². The van der Waals surface area contributed by atoms with Crippen LogP contribution in [0, 0.1) is 6.92 Å². The molecule has 0 radical (unpaired) electrons. The number of aromatic nitrogens is 1. The number of aliphatic hydroxyl groups excluding tert-OH is 1. The molecule has 2 rings (SSSR count). The predicted molar refractivity (Wildman–Crippen MR) is 88.2 cm³/mol. The molecule has 0 aliphatic carbocycles. The van der Waals surface area contributed by atoms with Gasteiger partial charge in [0, 0.05) is 25.4 Å². The van der Waals surface area contributed by atoms with Gasteiger partial charge < -0.3 is 15.2 Å². The lowest BCUT2D eigenvalue weighted by Gasteiger charge is -2.13. The normalized spacial score (nSPS) is 11.7. The molecule has 5 nitrogen and oxygen atoms in total. The molecule has 0 aliphatic rings. The number of hydrogen-bond acceptors (Lipinski definition) is 4. The van der Waals surface area contributed by atoms with Crippen LogP contribution in [0.3, 0.4) is 0 Å². The topological polar surface area (TPSA) is 71.5 Å². The van der Waals surface area contributed by atoms with Crippen LogP contribution in [0.25, 0.3) is 0 Å². The second-order valence-electron chi connectivity index (χ2n) is 5.45. The zero-order valence-electron chi connectivity index (χ0n) is 13.2. The quantitative estimate of drug-likeness (QED) is 0.780. The van der Waals surface area contributed by atoms with Crippen LogP contribution in [0.15, 0.2) is 48.8 Å². The monoisotopic (exact) mass is 314 g/mol. The van der Waals surface area contributed by atoms with Crippen molar-refractivity contribution in [3.05, 3.63) is 59.9 Å². The van der Waals surface area contributed by atoms with Crippen LogP contribution in [0.2, 0.25) is 0 Å². The molecular weight excluding hydrogens is 292 g/mol. The van der Waals surface area contributed by atoms with E-state index in [9.17, 15) is 9.90 Å². The number of pyridine rings is 1. The average Bonchev–Trinajstić information content (AvgIpc) is 2.57. The van der Waals surface area contributed by atoms with E-state index in [0.717, 1.165) is 11.1 Å². The van der Waals surface area contributed by atoms with Crippen molar-refractivity contribution in [3.63, 3.8) is 0 Å². The molecule has 0 saturated heterocycles. The zero-order chi connectivity index (χ0) is 16.5. The Bertz CT molecular complexity index is 617. The van der Waals surface area contributed by atoms with Crippen LogP contribution in [-0.2, 0) is 11.2 Å². The molecule has 1 aromatic carbocycles. The van der Waals surface area contributed by atoms with E-state index in [-0.39, 0.29) is 19.1 Å². The fourth-order valence-corrected chi connectivity index (χ4v) is 2.08. The van der Waals surface area contributed by atoms with Crippen LogP contribution in [0.1, 0.15) is 17.5 Å². The Morgan fingerprint density at radius 3 is 2.96 bits per heavy atom. The number of aryl methyl sites for hydroxylation is 2. The molecule has 0 saturated carbocycles. The molecule has 1 heterocycles. The number of aliphatic hydroxyl groups is 1. The van der Waals surface area contributed by atoms with E-state index in [1.807, 2.05) is 43.3 Å². The minimum absolute atomic E-state index is 0.0940. The first-order valence-corrected chi connectivity index (χ1v) is 7.66. The van der Waals surface area contributed by atoms with Crippen LogP contribution in [0.5, 0.6) is 5.75 Å². The van der Waals surface area contributed by atoms with Gasteiger partial charge in [-0.05, 0) is 42.7 Å². The second kappa shape index (κ2) is 8.90. The number of nitrogens with zero attached hydrogens (tertiary/aromatic N) is 1. The van der Waals surface area contributed by atoms with E-state index in [1.165, 1.54) is 0 Å². The van der Waals surface area contributed by atoms with E-state index >= 15 is 0 Å². The van der Waals surface area contributed by atoms with E-state index in [1.54, 1.807) is 12.4 Å². The molecule has 2 aromatic rings. The van der Waals surface area contributed by atoms with E-state index in [0.29, 0.717) is 18.6 Å². The van der Waals surface area contributed by atoms with Gasteiger partial charge in [0.25, 0.3) is 0 Å². The number of benzene rings is 1. The van der Waals surface area contributed by atoms with Crippen molar-refractivity contribution in [1.29, 1.82) is 0 Å². The molecular formula is C18H22N2O3. The van der Waals surface area contributed by atoms with Crippen LogP contribution >= 0.6 is 0 Å². The SMILES string of the molecule is Cc1cccc(OCC(O)CNC(=O)CCc2cccnc2)c1.